The molecule has 1 fully saturated rings. The molecule has 2 aromatic rings. The molecule has 0 atom stereocenters. The summed E-state index contributed by atoms with van der Waals surface area (Å²) in [5.74, 6) is 0.0435. The highest BCUT2D eigenvalue weighted by atomic mass is 32.2. The molecule has 0 aliphatic carbocycles. The number of hydrogen-bond donors (Lipinski definition) is 1. The molecule has 30 heavy (non-hydrogen) atoms. The van der Waals surface area contributed by atoms with E-state index in [2.05, 4.69) is 12.2 Å². The summed E-state index contributed by atoms with van der Waals surface area (Å²) in [5.41, 5.74) is 2.47. The highest BCUT2D eigenvalue weighted by molar-refractivity contribution is 7.89. The molecule has 6 nitrogen and oxygen atoms in total. The molecule has 7 heteroatoms. The lowest BCUT2D eigenvalue weighted by atomic mass is 10.1. The van der Waals surface area contributed by atoms with Crippen molar-refractivity contribution in [2.75, 3.05) is 25.5 Å². The maximum absolute atomic E-state index is 12.9. The van der Waals surface area contributed by atoms with Crippen LogP contribution in [0.4, 0.5) is 5.69 Å². The summed E-state index contributed by atoms with van der Waals surface area (Å²) in [4.78, 5) is 12.6. The van der Waals surface area contributed by atoms with E-state index in [1.807, 2.05) is 24.3 Å². The van der Waals surface area contributed by atoms with Crippen molar-refractivity contribution in [2.45, 2.75) is 37.5 Å². The number of rotatable bonds is 7. The number of methoxy groups -OCH3 is 1. The van der Waals surface area contributed by atoms with E-state index >= 15 is 0 Å². The molecule has 1 saturated heterocycles. The summed E-state index contributed by atoms with van der Waals surface area (Å²) in [6.45, 7) is 3.14. The Morgan fingerprint density at radius 3 is 2.43 bits per heavy atom. The number of nitrogens with one attached hydrogen (secondary N) is 1. The zero-order chi connectivity index (χ0) is 21.6. The van der Waals surface area contributed by atoms with Gasteiger partial charge in [-0.2, -0.15) is 4.31 Å². The summed E-state index contributed by atoms with van der Waals surface area (Å²) in [5, 5.41) is 2.74. The zero-order valence-corrected chi connectivity index (χ0v) is 18.2. The van der Waals surface area contributed by atoms with Crippen LogP contribution in [-0.2, 0) is 21.2 Å². The van der Waals surface area contributed by atoms with E-state index in [0.717, 1.165) is 31.2 Å². The van der Waals surface area contributed by atoms with Crippen LogP contribution in [0.3, 0.4) is 0 Å². The summed E-state index contributed by atoms with van der Waals surface area (Å²) in [6, 6.07) is 12.5. The molecular weight excluding hydrogens is 400 g/mol. The van der Waals surface area contributed by atoms with Crippen LogP contribution in [-0.4, -0.2) is 38.8 Å². The number of nitrogens with zero attached hydrogens (tertiary/aromatic N) is 1. The van der Waals surface area contributed by atoms with Crippen LogP contribution in [0.2, 0.25) is 0 Å². The van der Waals surface area contributed by atoms with Crippen molar-refractivity contribution < 1.29 is 17.9 Å². The second-order valence-corrected chi connectivity index (χ2v) is 9.18. The molecule has 0 spiro atoms. The molecular formula is C23H28N2O4S. The van der Waals surface area contributed by atoms with Crippen molar-refractivity contribution in [3.63, 3.8) is 0 Å². The van der Waals surface area contributed by atoms with Crippen molar-refractivity contribution in [3.8, 4) is 5.75 Å². The van der Waals surface area contributed by atoms with Gasteiger partial charge in [0, 0.05) is 19.2 Å². The summed E-state index contributed by atoms with van der Waals surface area (Å²) in [7, 11) is -2.12. The van der Waals surface area contributed by atoms with Gasteiger partial charge in [0.1, 0.15) is 5.75 Å². The van der Waals surface area contributed by atoms with Crippen LogP contribution < -0.4 is 10.1 Å². The molecule has 0 bridgehead atoms. The second-order valence-electron chi connectivity index (χ2n) is 7.24. The fourth-order valence-electron chi connectivity index (χ4n) is 3.41. The third-order valence-electron chi connectivity index (χ3n) is 5.20. The number of amides is 1. The highest BCUT2D eigenvalue weighted by Crippen LogP contribution is 2.30. The minimum absolute atomic E-state index is 0.152. The van der Waals surface area contributed by atoms with Gasteiger partial charge in [-0.1, -0.05) is 37.6 Å². The van der Waals surface area contributed by atoms with E-state index in [0.29, 0.717) is 24.5 Å². The van der Waals surface area contributed by atoms with Crippen LogP contribution in [0, 0.1) is 0 Å². The Morgan fingerprint density at radius 2 is 1.80 bits per heavy atom. The molecule has 0 saturated carbocycles. The van der Waals surface area contributed by atoms with Gasteiger partial charge >= 0.3 is 0 Å². The summed E-state index contributed by atoms with van der Waals surface area (Å²) in [6.07, 6.45) is 6.87. The first-order valence-electron chi connectivity index (χ1n) is 10.2. The van der Waals surface area contributed by atoms with Crippen molar-refractivity contribution in [3.05, 3.63) is 59.7 Å². The number of aryl methyl sites for hydroxylation is 1. The van der Waals surface area contributed by atoms with Crippen LogP contribution in [0.25, 0.3) is 6.08 Å². The molecule has 1 aliphatic rings. The van der Waals surface area contributed by atoms with Crippen molar-refractivity contribution in [1.29, 1.82) is 0 Å². The Hall–Kier alpha value is -2.64. The van der Waals surface area contributed by atoms with Crippen LogP contribution in [0.15, 0.2) is 53.4 Å². The zero-order valence-electron chi connectivity index (χ0n) is 17.4. The fraction of sp³-hybridized carbons (Fsp3) is 0.348. The second kappa shape index (κ2) is 9.91. The number of benzene rings is 2. The van der Waals surface area contributed by atoms with Gasteiger partial charge in [0.05, 0.1) is 17.7 Å². The quantitative estimate of drug-likeness (QED) is 0.674. The number of carbonyl (C=O) groups is 1. The lowest BCUT2D eigenvalue weighted by molar-refractivity contribution is -0.111. The molecule has 1 amide bonds. The van der Waals surface area contributed by atoms with Gasteiger partial charge in [0.2, 0.25) is 15.9 Å². The molecule has 2 aromatic carbocycles. The lowest BCUT2D eigenvalue weighted by Crippen LogP contribution is -2.35. The smallest absolute Gasteiger partial charge is 0.248 e. The van der Waals surface area contributed by atoms with Gasteiger partial charge in [-0.05, 0) is 54.7 Å². The summed E-state index contributed by atoms with van der Waals surface area (Å²) >= 11 is 0. The van der Waals surface area contributed by atoms with Gasteiger partial charge in [-0.3, -0.25) is 4.79 Å². The standard InChI is InChI=1S/C23H28N2O4S/c1-3-18-7-9-19(10-8-18)11-14-23(26)24-21-17-20(12-13-22(21)29-2)30(27,28)25-15-5-4-6-16-25/h7-14,17H,3-6,15-16H2,1-2H3,(H,24,26)/b14-11+. The average molecular weight is 429 g/mol. The SMILES string of the molecule is CCc1ccc(/C=C/C(=O)Nc2cc(S(=O)(=O)N3CCCCC3)ccc2OC)cc1. The molecule has 160 valence electrons. The van der Waals surface area contributed by atoms with E-state index in [9.17, 15) is 13.2 Å². The van der Waals surface area contributed by atoms with Gasteiger partial charge < -0.3 is 10.1 Å². The Kier molecular flexibility index (Phi) is 7.29. The van der Waals surface area contributed by atoms with E-state index in [1.165, 1.54) is 35.2 Å². The highest BCUT2D eigenvalue weighted by Gasteiger charge is 2.26. The van der Waals surface area contributed by atoms with Crippen LogP contribution in [0.1, 0.15) is 37.3 Å². The fourth-order valence-corrected chi connectivity index (χ4v) is 4.95. The van der Waals surface area contributed by atoms with Gasteiger partial charge in [0.15, 0.2) is 0 Å². The molecule has 0 unspecified atom stereocenters. The molecule has 3 rings (SSSR count). The molecule has 1 N–H and O–H groups in total. The third-order valence-corrected chi connectivity index (χ3v) is 7.09. The number of hydrogen-bond acceptors (Lipinski definition) is 4. The predicted octanol–water partition coefficient (Wildman–Crippen LogP) is 4.08. The van der Waals surface area contributed by atoms with Gasteiger partial charge in [-0.25, -0.2) is 8.42 Å². The number of piperidine rings is 1. The Labute approximate surface area is 178 Å². The van der Waals surface area contributed by atoms with Gasteiger partial charge in [0.25, 0.3) is 0 Å². The largest absolute Gasteiger partial charge is 0.495 e. The molecule has 1 aliphatic heterocycles. The van der Waals surface area contributed by atoms with E-state index in [4.69, 9.17) is 4.74 Å². The van der Waals surface area contributed by atoms with Crippen molar-refractivity contribution in [1.82, 2.24) is 4.31 Å². The average Bonchev–Trinajstić information content (AvgIpc) is 2.78. The Balaban J connectivity index is 1.77. The number of carbonyl (C=O) groups excluding carboxylic acids is 1. The van der Waals surface area contributed by atoms with E-state index in [-0.39, 0.29) is 10.8 Å². The minimum atomic E-state index is -3.60. The normalized spacial score (nSPS) is 15.3. The first-order chi connectivity index (χ1) is 14.4. The lowest BCUT2D eigenvalue weighted by Gasteiger charge is -2.26. The maximum atomic E-state index is 12.9. The third kappa shape index (κ3) is 5.29. The minimum Gasteiger partial charge on any atom is -0.495 e. The molecule has 0 aromatic heterocycles. The van der Waals surface area contributed by atoms with E-state index in [1.54, 1.807) is 12.1 Å². The van der Waals surface area contributed by atoms with Crippen LogP contribution >= 0.6 is 0 Å². The topological polar surface area (TPSA) is 75.7 Å². The summed E-state index contributed by atoms with van der Waals surface area (Å²) < 4.78 is 32.7. The first kappa shape index (κ1) is 22.1. The first-order valence-corrected chi connectivity index (χ1v) is 11.6. The van der Waals surface area contributed by atoms with Crippen molar-refractivity contribution >= 4 is 27.7 Å². The Morgan fingerprint density at radius 1 is 1.10 bits per heavy atom. The van der Waals surface area contributed by atoms with Crippen LogP contribution in [0.5, 0.6) is 5.75 Å². The Bertz CT molecular complexity index is 1010. The molecule has 0 radical (unpaired) electrons. The predicted molar refractivity (Wildman–Crippen MR) is 119 cm³/mol. The maximum Gasteiger partial charge on any atom is 0.248 e. The molecule has 1 heterocycles. The number of ether oxygens (including phenoxy) is 1. The van der Waals surface area contributed by atoms with E-state index < -0.39 is 10.0 Å². The van der Waals surface area contributed by atoms with Crippen molar-refractivity contribution in [2.24, 2.45) is 0 Å². The van der Waals surface area contributed by atoms with Gasteiger partial charge in [-0.15, -0.1) is 0 Å². The monoisotopic (exact) mass is 428 g/mol. The number of sulfonamides is 1. The number of anilines is 1.